The Kier molecular flexibility index (Phi) is 9.67. The number of rotatable bonds is 14. The first-order valence-electron chi connectivity index (χ1n) is 15.6. The molecular weight excluding hydrogens is 646 g/mol. The van der Waals surface area contributed by atoms with Gasteiger partial charge in [-0.25, -0.2) is 18.2 Å². The van der Waals surface area contributed by atoms with Crippen molar-refractivity contribution in [2.24, 2.45) is 5.92 Å². The minimum absolute atomic E-state index is 0.0745. The molecule has 4 N–H and O–H groups in total. The van der Waals surface area contributed by atoms with Crippen LogP contribution in [0.25, 0.3) is 10.8 Å². The lowest BCUT2D eigenvalue weighted by molar-refractivity contribution is -0.141. The number of methoxy groups -OCH3 is 1. The Morgan fingerprint density at radius 2 is 1.92 bits per heavy atom. The molecular formula is C32H39N5O10S. The van der Waals surface area contributed by atoms with Crippen molar-refractivity contribution in [3.05, 3.63) is 42.6 Å². The molecule has 0 radical (unpaired) electrons. The van der Waals surface area contributed by atoms with E-state index in [0.717, 1.165) is 10.3 Å². The van der Waals surface area contributed by atoms with Crippen LogP contribution in [0.3, 0.4) is 0 Å². The summed E-state index contributed by atoms with van der Waals surface area (Å²) < 4.78 is 38.8. The standard InChI is InChI=1S/C32H39N5O10S/c1-5-19-15-32(19,30(41)36-48(44,45)22-7-8-22)35-27(39)25-13-21(47-28-23-9-6-20(46-4)12-18(23)10-11-33-28)16-37(25)29(40)24(34-31(42)43)14-26(38)17(2)3/h6,9-12,19,21-22,24-25,34H,2,5,7-8,13-16H2,1,3-4H3,(H,35,39)(H,36,41)(H,42,43)/t19?,21-,24+,25+,32?/m1/s1. The lowest BCUT2D eigenvalue weighted by Crippen LogP contribution is -2.58. The molecule has 2 aliphatic carbocycles. The number of allylic oxidation sites excluding steroid dienone is 1. The second-order valence-corrected chi connectivity index (χ2v) is 14.5. The predicted molar refractivity (Wildman–Crippen MR) is 172 cm³/mol. The maximum atomic E-state index is 14.0. The van der Waals surface area contributed by atoms with Crippen molar-refractivity contribution in [2.75, 3.05) is 13.7 Å². The van der Waals surface area contributed by atoms with E-state index in [2.05, 4.69) is 26.9 Å². The van der Waals surface area contributed by atoms with E-state index in [9.17, 15) is 37.5 Å². The normalized spacial score (nSPS) is 23.9. The number of carbonyl (C=O) groups is 5. The van der Waals surface area contributed by atoms with E-state index in [1.165, 1.54) is 20.2 Å². The second-order valence-electron chi connectivity index (χ2n) is 12.5. The monoisotopic (exact) mass is 685 g/mol. The molecule has 5 rings (SSSR count). The van der Waals surface area contributed by atoms with Gasteiger partial charge in [0.25, 0.3) is 5.91 Å². The fourth-order valence-corrected chi connectivity index (χ4v) is 7.45. The van der Waals surface area contributed by atoms with Gasteiger partial charge in [-0.15, -0.1) is 0 Å². The first-order chi connectivity index (χ1) is 22.7. The summed E-state index contributed by atoms with van der Waals surface area (Å²) >= 11 is 0. The van der Waals surface area contributed by atoms with E-state index in [0.29, 0.717) is 30.4 Å². The van der Waals surface area contributed by atoms with Gasteiger partial charge in [0.05, 0.1) is 18.9 Å². The van der Waals surface area contributed by atoms with Gasteiger partial charge in [-0.2, -0.15) is 0 Å². The number of hydrogen-bond acceptors (Lipinski definition) is 10. The largest absolute Gasteiger partial charge is 0.497 e. The van der Waals surface area contributed by atoms with Crippen molar-refractivity contribution in [1.29, 1.82) is 0 Å². The average molecular weight is 686 g/mol. The molecule has 2 saturated carbocycles. The molecule has 2 heterocycles. The molecule has 258 valence electrons. The number of benzene rings is 1. The van der Waals surface area contributed by atoms with Crippen LogP contribution in [-0.2, 0) is 29.2 Å². The zero-order valence-electron chi connectivity index (χ0n) is 26.9. The van der Waals surface area contributed by atoms with E-state index < -0.39 is 75.0 Å². The van der Waals surface area contributed by atoms with Gasteiger partial charge in [-0.1, -0.05) is 19.9 Å². The van der Waals surface area contributed by atoms with E-state index in [-0.39, 0.29) is 36.8 Å². The third-order valence-corrected chi connectivity index (χ3v) is 10.9. The lowest BCUT2D eigenvalue weighted by Gasteiger charge is -2.29. The number of pyridine rings is 1. The van der Waals surface area contributed by atoms with Gasteiger partial charge in [0.1, 0.15) is 29.5 Å². The maximum Gasteiger partial charge on any atom is 0.405 e. The second kappa shape index (κ2) is 13.4. The van der Waals surface area contributed by atoms with Crippen LogP contribution in [0, 0.1) is 5.92 Å². The van der Waals surface area contributed by atoms with Crippen molar-refractivity contribution >= 4 is 50.4 Å². The van der Waals surface area contributed by atoms with Gasteiger partial charge in [0.15, 0.2) is 5.78 Å². The quantitative estimate of drug-likeness (QED) is 0.210. The first kappa shape index (κ1) is 34.6. The van der Waals surface area contributed by atoms with Gasteiger partial charge < -0.3 is 30.1 Å². The molecule has 3 aliphatic rings. The Morgan fingerprint density at radius 1 is 1.19 bits per heavy atom. The molecule has 15 nitrogen and oxygen atoms in total. The van der Waals surface area contributed by atoms with Crippen LogP contribution in [-0.4, -0.2) is 95.6 Å². The van der Waals surface area contributed by atoms with Crippen LogP contribution in [0.5, 0.6) is 11.6 Å². The molecule has 1 saturated heterocycles. The number of nitrogens with one attached hydrogen (secondary N) is 3. The summed E-state index contributed by atoms with van der Waals surface area (Å²) in [5.41, 5.74) is -1.39. The zero-order chi connectivity index (χ0) is 35.0. The molecule has 2 aromatic rings. The molecule has 48 heavy (non-hydrogen) atoms. The molecule has 1 aromatic carbocycles. The number of amides is 4. The predicted octanol–water partition coefficient (Wildman–Crippen LogP) is 1.66. The number of aromatic nitrogens is 1. The Hall–Kier alpha value is -4.73. The van der Waals surface area contributed by atoms with Crippen LogP contribution in [0.15, 0.2) is 42.6 Å². The summed E-state index contributed by atoms with van der Waals surface area (Å²) in [5, 5.41) is 15.0. The summed E-state index contributed by atoms with van der Waals surface area (Å²) in [6.07, 6.45) is 0.114. The van der Waals surface area contributed by atoms with Gasteiger partial charge >= 0.3 is 6.09 Å². The Labute approximate surface area is 277 Å². The first-order valence-corrected chi connectivity index (χ1v) is 17.2. The third kappa shape index (κ3) is 7.22. The van der Waals surface area contributed by atoms with Crippen LogP contribution in [0.2, 0.25) is 0 Å². The fourth-order valence-electron chi connectivity index (χ4n) is 6.09. The average Bonchev–Trinajstić information content (AvgIpc) is 3.96. The van der Waals surface area contributed by atoms with Gasteiger partial charge in [-0.3, -0.25) is 23.9 Å². The molecule has 5 atom stereocenters. The Bertz CT molecular complexity index is 1780. The molecule has 0 spiro atoms. The van der Waals surface area contributed by atoms with E-state index in [1.54, 1.807) is 24.3 Å². The third-order valence-electron chi connectivity index (χ3n) is 9.07. The van der Waals surface area contributed by atoms with Crippen molar-refractivity contribution < 1.29 is 47.0 Å². The molecule has 4 amide bonds. The molecule has 2 unspecified atom stereocenters. The van der Waals surface area contributed by atoms with Crippen molar-refractivity contribution in [3.63, 3.8) is 0 Å². The van der Waals surface area contributed by atoms with Crippen LogP contribution in [0.1, 0.15) is 52.4 Å². The molecule has 1 aliphatic heterocycles. The van der Waals surface area contributed by atoms with Crippen LogP contribution >= 0.6 is 0 Å². The summed E-state index contributed by atoms with van der Waals surface area (Å²) in [6.45, 7) is 6.63. The number of carboxylic acid groups (broad SMARTS) is 1. The van der Waals surface area contributed by atoms with Crippen molar-refractivity contribution in [3.8, 4) is 11.6 Å². The topological polar surface area (TPSA) is 210 Å². The Morgan fingerprint density at radius 3 is 2.52 bits per heavy atom. The van der Waals surface area contributed by atoms with E-state index in [1.807, 2.05) is 6.92 Å². The van der Waals surface area contributed by atoms with Crippen molar-refractivity contribution in [2.45, 2.75) is 81.3 Å². The number of hydrogen-bond donors (Lipinski definition) is 4. The number of carbonyl (C=O) groups excluding carboxylic acids is 4. The maximum absolute atomic E-state index is 14.0. The van der Waals surface area contributed by atoms with Gasteiger partial charge in [0.2, 0.25) is 27.7 Å². The van der Waals surface area contributed by atoms with E-state index in [4.69, 9.17) is 9.47 Å². The highest BCUT2D eigenvalue weighted by atomic mass is 32.2. The van der Waals surface area contributed by atoms with Gasteiger partial charge in [-0.05, 0) is 67.3 Å². The summed E-state index contributed by atoms with van der Waals surface area (Å²) in [6, 6.07) is 4.22. The SMILES string of the molecule is C=C(C)C(=O)C[C@H](NC(=O)O)C(=O)N1C[C@H](Oc2nccc3cc(OC)ccc23)C[C@H]1C(=O)NC1(C(=O)NS(=O)(=O)C2CC2)CC1CC. The summed E-state index contributed by atoms with van der Waals surface area (Å²) in [5.74, 6) is -2.51. The highest BCUT2D eigenvalue weighted by Crippen LogP contribution is 2.47. The number of sulfonamides is 1. The van der Waals surface area contributed by atoms with Crippen LogP contribution < -0.4 is 24.8 Å². The number of Topliss-reactive ketones (excluding diaryl/α,β-unsaturated/α-hetero) is 1. The number of nitrogens with zero attached hydrogens (tertiary/aromatic N) is 2. The minimum Gasteiger partial charge on any atom is -0.497 e. The van der Waals surface area contributed by atoms with Gasteiger partial charge in [0, 0.05) is 24.4 Å². The highest BCUT2D eigenvalue weighted by molar-refractivity contribution is 7.91. The molecule has 1 aromatic heterocycles. The fraction of sp³-hybridized carbons (Fsp3) is 0.500. The number of ether oxygens (including phenoxy) is 2. The molecule has 0 bridgehead atoms. The highest BCUT2D eigenvalue weighted by Gasteiger charge is 2.62. The Balaban J connectivity index is 1.43. The lowest BCUT2D eigenvalue weighted by atomic mass is 10.0. The number of ketones is 1. The van der Waals surface area contributed by atoms with Crippen molar-refractivity contribution in [1.82, 2.24) is 25.2 Å². The number of fused-ring (bicyclic) bond motifs is 1. The van der Waals surface area contributed by atoms with E-state index >= 15 is 0 Å². The molecule has 16 heteroatoms. The minimum atomic E-state index is -3.90. The molecule has 3 fully saturated rings. The summed E-state index contributed by atoms with van der Waals surface area (Å²) in [7, 11) is -2.36. The summed E-state index contributed by atoms with van der Waals surface area (Å²) in [4.78, 5) is 70.9. The zero-order valence-corrected chi connectivity index (χ0v) is 27.7. The smallest absolute Gasteiger partial charge is 0.405 e. The number of likely N-dealkylation sites (tertiary alicyclic amines) is 1. The van der Waals surface area contributed by atoms with Crippen LogP contribution in [0.4, 0.5) is 4.79 Å².